The molecule has 4 rings (SSSR count). The molecular weight excluding hydrogens is 469 g/mol. The molecular formula is C22H19F3N6O4. The number of carbonyl (C=O) groups is 1. The molecule has 3 N–H and O–H groups in total. The summed E-state index contributed by atoms with van der Waals surface area (Å²) >= 11 is 0. The van der Waals surface area contributed by atoms with Crippen molar-refractivity contribution in [3.63, 3.8) is 0 Å². The Bertz CT molecular complexity index is 1360. The van der Waals surface area contributed by atoms with Crippen LogP contribution in [-0.4, -0.2) is 60.2 Å². The maximum Gasteiger partial charge on any atom is 0.417 e. The minimum Gasteiger partial charge on any atom is -0.487 e. The Kier molecular flexibility index (Phi) is 6.62. The van der Waals surface area contributed by atoms with Gasteiger partial charge in [-0.05, 0) is 25.1 Å². The molecule has 13 heteroatoms. The fraction of sp³-hybridized carbons (Fsp3) is 0.227. The van der Waals surface area contributed by atoms with Crippen LogP contribution in [0.25, 0.3) is 16.9 Å². The molecule has 0 radical (unpaired) electrons. The first-order valence-electron chi connectivity index (χ1n) is 10.3. The van der Waals surface area contributed by atoms with E-state index in [9.17, 15) is 23.1 Å². The fourth-order valence-electron chi connectivity index (χ4n) is 3.33. The molecule has 1 amide bonds. The molecule has 1 aromatic carbocycles. The molecule has 0 bridgehead atoms. The highest BCUT2D eigenvalue weighted by Gasteiger charge is 2.34. The number of rotatable bonds is 7. The highest BCUT2D eigenvalue weighted by molar-refractivity contribution is 6.04. The zero-order chi connectivity index (χ0) is 25.2. The van der Waals surface area contributed by atoms with E-state index in [-0.39, 0.29) is 46.5 Å². The SMILES string of the molecule is Cc1nc2c(OC[C@H](O)CO)cc(-c3ccccc3C(F)(F)F)nn2c1C(=O)Nc1cccnn1. The molecule has 3 aromatic heterocycles. The number of halogens is 3. The van der Waals surface area contributed by atoms with E-state index in [1.165, 1.54) is 43.5 Å². The third-order valence-corrected chi connectivity index (χ3v) is 4.90. The molecule has 4 aromatic rings. The number of aryl methyl sites for hydroxylation is 1. The third kappa shape index (κ3) is 5.05. The minimum atomic E-state index is -4.67. The summed E-state index contributed by atoms with van der Waals surface area (Å²) in [5.41, 5.74) is -1.15. The summed E-state index contributed by atoms with van der Waals surface area (Å²) in [7, 11) is 0. The standard InChI is InChI=1S/C22H19F3N6O4/c1-12-19(21(34)28-18-7-4-8-26-29-18)31-20(27-12)17(35-11-13(33)10-32)9-16(30-31)14-5-2-3-6-15(14)22(23,24)25/h2-9,13,32-33H,10-11H2,1H3,(H,28,29,34)/t13-/m1/s1. The van der Waals surface area contributed by atoms with Crippen molar-refractivity contribution in [2.24, 2.45) is 0 Å². The van der Waals surface area contributed by atoms with E-state index in [1.54, 1.807) is 6.07 Å². The Morgan fingerprint density at radius 2 is 2.00 bits per heavy atom. The number of anilines is 1. The van der Waals surface area contributed by atoms with Crippen LogP contribution < -0.4 is 10.1 Å². The van der Waals surface area contributed by atoms with Crippen molar-refractivity contribution >= 4 is 17.4 Å². The predicted molar refractivity (Wildman–Crippen MR) is 117 cm³/mol. The van der Waals surface area contributed by atoms with Gasteiger partial charge in [-0.3, -0.25) is 4.79 Å². The number of aromatic nitrogens is 5. The van der Waals surface area contributed by atoms with Crippen molar-refractivity contribution in [2.45, 2.75) is 19.2 Å². The van der Waals surface area contributed by atoms with Gasteiger partial charge >= 0.3 is 6.18 Å². The van der Waals surface area contributed by atoms with Crippen molar-refractivity contribution < 1.29 is 32.9 Å². The van der Waals surface area contributed by atoms with Gasteiger partial charge in [-0.15, -0.1) is 5.10 Å². The number of imidazole rings is 1. The molecule has 3 heterocycles. The van der Waals surface area contributed by atoms with Crippen LogP contribution in [0.15, 0.2) is 48.7 Å². The number of aliphatic hydroxyl groups is 2. The van der Waals surface area contributed by atoms with Crippen LogP contribution in [0.3, 0.4) is 0 Å². The average Bonchev–Trinajstić information content (AvgIpc) is 3.18. The summed E-state index contributed by atoms with van der Waals surface area (Å²) in [6, 6.07) is 9.14. The van der Waals surface area contributed by atoms with E-state index in [0.717, 1.165) is 10.6 Å². The van der Waals surface area contributed by atoms with Crippen LogP contribution in [0, 0.1) is 6.92 Å². The number of alkyl halides is 3. The van der Waals surface area contributed by atoms with Crippen molar-refractivity contribution in [2.75, 3.05) is 18.5 Å². The van der Waals surface area contributed by atoms with Gasteiger partial charge in [0.15, 0.2) is 22.9 Å². The number of benzene rings is 1. The van der Waals surface area contributed by atoms with Gasteiger partial charge in [-0.1, -0.05) is 18.2 Å². The van der Waals surface area contributed by atoms with Crippen LogP contribution in [-0.2, 0) is 6.18 Å². The molecule has 0 fully saturated rings. The zero-order valence-corrected chi connectivity index (χ0v) is 18.2. The van der Waals surface area contributed by atoms with Gasteiger partial charge in [0.25, 0.3) is 5.91 Å². The van der Waals surface area contributed by atoms with E-state index in [4.69, 9.17) is 9.84 Å². The summed E-state index contributed by atoms with van der Waals surface area (Å²) in [6.07, 6.45) is -4.49. The Morgan fingerprint density at radius 3 is 2.69 bits per heavy atom. The predicted octanol–water partition coefficient (Wildman–Crippen LogP) is 2.50. The monoisotopic (exact) mass is 488 g/mol. The number of fused-ring (bicyclic) bond motifs is 1. The zero-order valence-electron chi connectivity index (χ0n) is 18.2. The maximum atomic E-state index is 13.7. The number of ether oxygens (including phenoxy) is 1. The number of aliphatic hydroxyl groups excluding tert-OH is 2. The van der Waals surface area contributed by atoms with Crippen LogP contribution in [0.1, 0.15) is 21.7 Å². The molecule has 0 spiro atoms. The van der Waals surface area contributed by atoms with Gasteiger partial charge in [-0.25, -0.2) is 9.50 Å². The lowest BCUT2D eigenvalue weighted by atomic mass is 10.0. The number of hydrogen-bond donors (Lipinski definition) is 3. The molecule has 10 nitrogen and oxygen atoms in total. The lowest BCUT2D eigenvalue weighted by Crippen LogP contribution is -2.22. The number of amides is 1. The Morgan fingerprint density at radius 1 is 1.23 bits per heavy atom. The van der Waals surface area contributed by atoms with Gasteiger partial charge in [0.1, 0.15) is 12.7 Å². The van der Waals surface area contributed by atoms with Crippen LogP contribution >= 0.6 is 0 Å². The summed E-state index contributed by atoms with van der Waals surface area (Å²) in [4.78, 5) is 17.3. The lowest BCUT2D eigenvalue weighted by molar-refractivity contribution is -0.137. The summed E-state index contributed by atoms with van der Waals surface area (Å²) in [5.74, 6) is -0.570. The topological polar surface area (TPSA) is 135 Å². The molecule has 0 aliphatic carbocycles. The Balaban J connectivity index is 1.89. The Labute approximate surface area is 196 Å². The van der Waals surface area contributed by atoms with Crippen molar-refractivity contribution in [1.29, 1.82) is 0 Å². The highest BCUT2D eigenvalue weighted by Crippen LogP contribution is 2.37. The van der Waals surface area contributed by atoms with Gasteiger partial charge in [0.05, 0.1) is 23.6 Å². The largest absolute Gasteiger partial charge is 0.487 e. The summed E-state index contributed by atoms with van der Waals surface area (Å²) < 4.78 is 47.7. The smallest absolute Gasteiger partial charge is 0.417 e. The third-order valence-electron chi connectivity index (χ3n) is 4.90. The fourth-order valence-corrected chi connectivity index (χ4v) is 3.33. The van der Waals surface area contributed by atoms with E-state index < -0.39 is 30.4 Å². The number of nitrogens with zero attached hydrogens (tertiary/aromatic N) is 5. The highest BCUT2D eigenvalue weighted by atomic mass is 19.4. The van der Waals surface area contributed by atoms with Gasteiger partial charge in [0.2, 0.25) is 0 Å². The van der Waals surface area contributed by atoms with Crippen LogP contribution in [0.5, 0.6) is 5.75 Å². The van der Waals surface area contributed by atoms with Gasteiger partial charge in [-0.2, -0.15) is 23.4 Å². The minimum absolute atomic E-state index is 0.0326. The number of hydrogen-bond acceptors (Lipinski definition) is 8. The normalized spacial score (nSPS) is 12.5. The molecule has 1 atom stereocenters. The quantitative estimate of drug-likeness (QED) is 0.361. The Hall–Kier alpha value is -4.10. The lowest BCUT2D eigenvalue weighted by Gasteiger charge is -2.15. The molecule has 0 aliphatic rings. The van der Waals surface area contributed by atoms with Crippen molar-refractivity contribution in [3.8, 4) is 17.0 Å². The first kappa shape index (κ1) is 24.0. The molecule has 0 unspecified atom stereocenters. The first-order valence-corrected chi connectivity index (χ1v) is 10.3. The van der Waals surface area contributed by atoms with Gasteiger partial charge in [0, 0.05) is 17.8 Å². The number of carbonyl (C=O) groups excluding carboxylic acids is 1. The molecule has 0 saturated carbocycles. The van der Waals surface area contributed by atoms with Gasteiger partial charge < -0.3 is 20.3 Å². The summed E-state index contributed by atoms with van der Waals surface area (Å²) in [6.45, 7) is 0.559. The van der Waals surface area contributed by atoms with Crippen molar-refractivity contribution in [1.82, 2.24) is 24.8 Å². The second kappa shape index (κ2) is 9.64. The van der Waals surface area contributed by atoms with Crippen LogP contribution in [0.4, 0.5) is 19.0 Å². The first-order chi connectivity index (χ1) is 16.7. The number of nitrogens with one attached hydrogen (secondary N) is 1. The molecule has 182 valence electrons. The van der Waals surface area contributed by atoms with E-state index in [0.29, 0.717) is 0 Å². The molecule has 0 saturated heterocycles. The summed E-state index contributed by atoms with van der Waals surface area (Å²) in [5, 5.41) is 33.1. The van der Waals surface area contributed by atoms with Crippen LogP contribution in [0.2, 0.25) is 0 Å². The van der Waals surface area contributed by atoms with E-state index >= 15 is 0 Å². The van der Waals surface area contributed by atoms with E-state index in [2.05, 4.69) is 25.6 Å². The molecule has 35 heavy (non-hydrogen) atoms. The average molecular weight is 488 g/mol. The maximum absolute atomic E-state index is 13.7. The van der Waals surface area contributed by atoms with Crippen molar-refractivity contribution in [3.05, 3.63) is 65.6 Å². The van der Waals surface area contributed by atoms with E-state index in [1.807, 2.05) is 0 Å². The second-order valence-corrected chi connectivity index (χ2v) is 7.43. The molecule has 0 aliphatic heterocycles. The second-order valence-electron chi connectivity index (χ2n) is 7.43.